The van der Waals surface area contributed by atoms with Gasteiger partial charge in [0.1, 0.15) is 0 Å². The highest BCUT2D eigenvalue weighted by Gasteiger charge is 2.31. The number of nitrogens with zero attached hydrogens (tertiary/aromatic N) is 2. The summed E-state index contributed by atoms with van der Waals surface area (Å²) in [5.74, 6) is -1.22. The molecule has 0 aromatic carbocycles. The van der Waals surface area contributed by atoms with E-state index in [1.54, 1.807) is 9.80 Å². The highest BCUT2D eigenvalue weighted by Crippen LogP contribution is 2.19. The van der Waals surface area contributed by atoms with Gasteiger partial charge in [-0.15, -0.1) is 0 Å². The maximum Gasteiger partial charge on any atom is 0.320 e. The number of ether oxygens (including phenoxy) is 1. The number of carboxylic acid groups (broad SMARTS) is 1. The second-order valence-corrected chi connectivity index (χ2v) is 5.58. The van der Waals surface area contributed by atoms with Gasteiger partial charge in [0, 0.05) is 32.8 Å². The number of amides is 2. The van der Waals surface area contributed by atoms with Gasteiger partial charge in [0.05, 0.1) is 12.0 Å². The number of hydrogen-bond acceptors (Lipinski definition) is 3. The van der Waals surface area contributed by atoms with Crippen molar-refractivity contribution in [2.75, 3.05) is 32.8 Å². The average Bonchev–Trinajstić information content (AvgIpc) is 2.97. The van der Waals surface area contributed by atoms with Crippen LogP contribution in [0.15, 0.2) is 0 Å². The summed E-state index contributed by atoms with van der Waals surface area (Å²) < 4.78 is 5.58. The summed E-state index contributed by atoms with van der Waals surface area (Å²) in [5, 5.41) is 9.09. The molecule has 2 heterocycles. The monoisotopic (exact) mass is 284 g/mol. The Kier molecular flexibility index (Phi) is 5.23. The van der Waals surface area contributed by atoms with Crippen molar-refractivity contribution in [3.8, 4) is 0 Å². The van der Waals surface area contributed by atoms with Crippen LogP contribution >= 0.6 is 0 Å². The topological polar surface area (TPSA) is 70.1 Å². The van der Waals surface area contributed by atoms with Gasteiger partial charge in [0.2, 0.25) is 0 Å². The number of likely N-dealkylation sites (tertiary alicyclic amines) is 1. The van der Waals surface area contributed by atoms with Crippen molar-refractivity contribution in [2.24, 2.45) is 5.92 Å². The van der Waals surface area contributed by atoms with Crippen LogP contribution in [0.1, 0.15) is 32.6 Å². The minimum Gasteiger partial charge on any atom is -0.481 e. The Bertz CT molecular complexity index is 355. The molecule has 0 aromatic rings. The van der Waals surface area contributed by atoms with Gasteiger partial charge in [-0.05, 0) is 32.6 Å². The van der Waals surface area contributed by atoms with Gasteiger partial charge >= 0.3 is 12.0 Å². The molecule has 2 rings (SSSR count). The van der Waals surface area contributed by atoms with Crippen molar-refractivity contribution in [3.05, 3.63) is 0 Å². The molecule has 2 atom stereocenters. The molecule has 1 N–H and O–H groups in total. The first-order valence-electron chi connectivity index (χ1n) is 7.50. The summed E-state index contributed by atoms with van der Waals surface area (Å²) in [5.41, 5.74) is 0. The van der Waals surface area contributed by atoms with Gasteiger partial charge in [0.25, 0.3) is 0 Å². The van der Waals surface area contributed by atoms with Crippen LogP contribution in [-0.4, -0.2) is 65.8 Å². The molecule has 2 aliphatic rings. The third kappa shape index (κ3) is 3.62. The summed E-state index contributed by atoms with van der Waals surface area (Å²) in [4.78, 5) is 27.0. The Labute approximate surface area is 119 Å². The molecule has 114 valence electrons. The van der Waals surface area contributed by atoms with Crippen LogP contribution in [0, 0.1) is 5.92 Å². The minimum atomic E-state index is -0.801. The third-order valence-electron chi connectivity index (χ3n) is 4.14. The van der Waals surface area contributed by atoms with E-state index < -0.39 is 11.9 Å². The summed E-state index contributed by atoms with van der Waals surface area (Å²) in [6.45, 7) is 4.96. The molecule has 0 saturated carbocycles. The maximum absolute atomic E-state index is 12.5. The van der Waals surface area contributed by atoms with E-state index in [-0.39, 0.29) is 12.1 Å². The molecule has 2 aliphatic heterocycles. The standard InChI is InChI=1S/C14H24N2O4/c1-2-15(10-12-6-4-8-20-12)14(19)16-7-3-5-11(9-16)13(17)18/h11-12H,2-10H2,1H3,(H,17,18)/t11-,12?/m1/s1. The Balaban J connectivity index is 1.91. The van der Waals surface area contributed by atoms with E-state index >= 15 is 0 Å². The van der Waals surface area contributed by atoms with E-state index in [4.69, 9.17) is 9.84 Å². The quantitative estimate of drug-likeness (QED) is 0.847. The molecule has 0 spiro atoms. The SMILES string of the molecule is CCN(CC1CCCO1)C(=O)N1CCC[C@@H](C(=O)O)C1. The molecule has 2 amide bonds. The number of rotatable bonds is 4. The summed E-state index contributed by atoms with van der Waals surface area (Å²) in [6, 6.07) is -0.0473. The molecule has 0 aliphatic carbocycles. The van der Waals surface area contributed by atoms with Gasteiger partial charge in [-0.3, -0.25) is 4.79 Å². The molecule has 2 saturated heterocycles. The smallest absolute Gasteiger partial charge is 0.320 e. The normalized spacial score (nSPS) is 26.6. The molecule has 0 radical (unpaired) electrons. The molecule has 20 heavy (non-hydrogen) atoms. The van der Waals surface area contributed by atoms with Crippen molar-refractivity contribution in [2.45, 2.75) is 38.7 Å². The van der Waals surface area contributed by atoms with E-state index in [0.29, 0.717) is 32.6 Å². The van der Waals surface area contributed by atoms with Crippen LogP contribution in [0.5, 0.6) is 0 Å². The van der Waals surface area contributed by atoms with Crippen LogP contribution in [-0.2, 0) is 9.53 Å². The number of hydrogen-bond donors (Lipinski definition) is 1. The Morgan fingerprint density at radius 1 is 1.35 bits per heavy atom. The first kappa shape index (κ1) is 15.1. The second-order valence-electron chi connectivity index (χ2n) is 5.58. The third-order valence-corrected chi connectivity index (χ3v) is 4.14. The van der Waals surface area contributed by atoms with Gasteiger partial charge in [-0.1, -0.05) is 0 Å². The van der Waals surface area contributed by atoms with E-state index in [1.165, 1.54) is 0 Å². The number of carbonyl (C=O) groups is 2. The lowest BCUT2D eigenvalue weighted by Crippen LogP contribution is -2.50. The fourth-order valence-corrected chi connectivity index (χ4v) is 2.93. The highest BCUT2D eigenvalue weighted by atomic mass is 16.5. The predicted octanol–water partition coefficient (Wildman–Crippen LogP) is 1.40. The fraction of sp³-hybridized carbons (Fsp3) is 0.857. The predicted molar refractivity (Wildman–Crippen MR) is 73.5 cm³/mol. The van der Waals surface area contributed by atoms with Crippen LogP contribution < -0.4 is 0 Å². The number of carbonyl (C=O) groups excluding carboxylic acids is 1. The molecular weight excluding hydrogens is 260 g/mol. The van der Waals surface area contributed by atoms with Crippen LogP contribution in [0.4, 0.5) is 4.79 Å². The van der Waals surface area contributed by atoms with Crippen LogP contribution in [0.25, 0.3) is 0 Å². The Morgan fingerprint density at radius 3 is 2.75 bits per heavy atom. The molecule has 1 unspecified atom stereocenters. The molecule has 2 fully saturated rings. The number of carboxylic acids is 1. The van der Waals surface area contributed by atoms with E-state index in [1.807, 2.05) is 6.92 Å². The highest BCUT2D eigenvalue weighted by molar-refractivity contribution is 5.76. The zero-order valence-corrected chi connectivity index (χ0v) is 12.1. The maximum atomic E-state index is 12.5. The first-order chi connectivity index (χ1) is 9.61. The fourth-order valence-electron chi connectivity index (χ4n) is 2.93. The van der Waals surface area contributed by atoms with E-state index in [0.717, 1.165) is 25.9 Å². The van der Waals surface area contributed by atoms with Crippen molar-refractivity contribution in [1.82, 2.24) is 9.80 Å². The lowest BCUT2D eigenvalue weighted by molar-refractivity contribution is -0.143. The molecular formula is C14H24N2O4. The van der Waals surface area contributed by atoms with Gasteiger partial charge in [-0.2, -0.15) is 0 Å². The summed E-state index contributed by atoms with van der Waals surface area (Å²) in [7, 11) is 0. The van der Waals surface area contributed by atoms with Crippen molar-refractivity contribution < 1.29 is 19.4 Å². The van der Waals surface area contributed by atoms with Crippen molar-refractivity contribution >= 4 is 12.0 Å². The number of urea groups is 1. The second kappa shape index (κ2) is 6.92. The number of aliphatic carboxylic acids is 1. The minimum absolute atomic E-state index is 0.0473. The van der Waals surface area contributed by atoms with Crippen LogP contribution in [0.2, 0.25) is 0 Å². The lowest BCUT2D eigenvalue weighted by atomic mass is 9.98. The largest absolute Gasteiger partial charge is 0.481 e. The molecule has 6 nitrogen and oxygen atoms in total. The Morgan fingerprint density at radius 2 is 2.15 bits per heavy atom. The van der Waals surface area contributed by atoms with Crippen molar-refractivity contribution in [1.29, 1.82) is 0 Å². The number of likely N-dealkylation sites (N-methyl/N-ethyl adjacent to an activating group) is 1. The molecule has 0 aromatic heterocycles. The first-order valence-corrected chi connectivity index (χ1v) is 7.50. The van der Waals surface area contributed by atoms with E-state index in [2.05, 4.69) is 0 Å². The van der Waals surface area contributed by atoms with Gasteiger partial charge < -0.3 is 19.6 Å². The summed E-state index contributed by atoms with van der Waals surface area (Å²) >= 11 is 0. The van der Waals surface area contributed by atoms with Crippen molar-refractivity contribution in [3.63, 3.8) is 0 Å². The average molecular weight is 284 g/mol. The zero-order valence-electron chi connectivity index (χ0n) is 12.1. The Hall–Kier alpha value is -1.30. The van der Waals surface area contributed by atoms with Gasteiger partial charge in [0.15, 0.2) is 0 Å². The van der Waals surface area contributed by atoms with Crippen LogP contribution in [0.3, 0.4) is 0 Å². The van der Waals surface area contributed by atoms with E-state index in [9.17, 15) is 9.59 Å². The lowest BCUT2D eigenvalue weighted by Gasteiger charge is -2.35. The zero-order chi connectivity index (χ0) is 14.5. The summed E-state index contributed by atoms with van der Waals surface area (Å²) in [6.07, 6.45) is 3.62. The number of piperidine rings is 1. The molecule has 0 bridgehead atoms. The van der Waals surface area contributed by atoms with Gasteiger partial charge in [-0.25, -0.2) is 4.79 Å². The molecule has 6 heteroatoms.